The number of H-pyrrole nitrogens is 1. The molecule has 0 aliphatic heterocycles. The van der Waals surface area contributed by atoms with Crippen LogP contribution in [0, 0.1) is 5.82 Å². The van der Waals surface area contributed by atoms with Gasteiger partial charge >= 0.3 is 6.03 Å². The van der Waals surface area contributed by atoms with E-state index in [-0.39, 0.29) is 23.5 Å². The van der Waals surface area contributed by atoms with Gasteiger partial charge < -0.3 is 15.2 Å². The third-order valence-corrected chi connectivity index (χ3v) is 6.01. The average Bonchev–Trinajstić information content (AvgIpc) is 3.61. The van der Waals surface area contributed by atoms with Gasteiger partial charge in [-0.25, -0.2) is 13.9 Å². The van der Waals surface area contributed by atoms with Crippen LogP contribution in [0.25, 0.3) is 16.9 Å². The zero-order valence-electron chi connectivity index (χ0n) is 22.1. The molecule has 0 spiro atoms. The van der Waals surface area contributed by atoms with Crippen LogP contribution in [0.3, 0.4) is 0 Å². The van der Waals surface area contributed by atoms with Crippen LogP contribution in [0.1, 0.15) is 32.0 Å². The highest BCUT2D eigenvalue weighted by Gasteiger charge is 2.22. The van der Waals surface area contributed by atoms with Crippen LogP contribution in [0.4, 0.5) is 20.7 Å². The summed E-state index contributed by atoms with van der Waals surface area (Å²) in [5.74, 6) is 0.446. The molecule has 11 heteroatoms. The number of aliphatic hydroxyl groups is 1. The fourth-order valence-electron chi connectivity index (χ4n) is 3.91. The number of aromatic nitrogens is 5. The van der Waals surface area contributed by atoms with E-state index in [2.05, 4.69) is 30.9 Å². The van der Waals surface area contributed by atoms with Crippen molar-refractivity contribution in [3.63, 3.8) is 0 Å². The van der Waals surface area contributed by atoms with Crippen LogP contribution >= 0.6 is 0 Å². The minimum Gasteiger partial charge on any atom is -0.457 e. The lowest BCUT2D eigenvalue weighted by Gasteiger charge is -2.14. The number of carbonyl (C=O) groups excluding carboxylic acids is 1. The summed E-state index contributed by atoms with van der Waals surface area (Å²) in [7, 11) is 0. The molecule has 0 atom stereocenters. The summed E-state index contributed by atoms with van der Waals surface area (Å²) in [6, 6.07) is 15.9. The topological polar surface area (TPSA) is 130 Å². The summed E-state index contributed by atoms with van der Waals surface area (Å²) in [5.41, 5.74) is 3.24. The first-order valence-corrected chi connectivity index (χ1v) is 12.5. The summed E-state index contributed by atoms with van der Waals surface area (Å²) in [6.45, 7) is 5.90. The first-order chi connectivity index (χ1) is 19.2. The van der Waals surface area contributed by atoms with Crippen molar-refractivity contribution in [1.82, 2.24) is 25.0 Å². The number of ether oxygens (including phenoxy) is 1. The van der Waals surface area contributed by atoms with Crippen molar-refractivity contribution < 1.29 is 19.0 Å². The molecule has 3 aromatic heterocycles. The van der Waals surface area contributed by atoms with Gasteiger partial charge in [-0.05, 0) is 35.9 Å². The number of pyridine rings is 1. The number of nitrogens with zero attached hydrogens (tertiary/aromatic N) is 4. The number of aromatic amines is 1. The number of nitrogens with one attached hydrogen (secondary N) is 3. The number of hydrogen-bond acceptors (Lipinski definition) is 6. The maximum Gasteiger partial charge on any atom is 0.324 e. The molecular weight excluding hydrogens is 513 g/mol. The lowest BCUT2D eigenvalue weighted by Crippen LogP contribution is -2.22. The van der Waals surface area contributed by atoms with Crippen LogP contribution < -0.4 is 15.4 Å². The molecule has 5 aromatic rings. The van der Waals surface area contributed by atoms with Gasteiger partial charge in [-0.1, -0.05) is 32.9 Å². The molecule has 0 aliphatic carbocycles. The third-order valence-electron chi connectivity index (χ3n) is 6.01. The van der Waals surface area contributed by atoms with Crippen LogP contribution in [0.2, 0.25) is 0 Å². The van der Waals surface area contributed by atoms with Crippen molar-refractivity contribution >= 4 is 17.5 Å². The number of rotatable bonds is 7. The average molecular weight is 542 g/mol. The Balaban J connectivity index is 1.32. The minimum atomic E-state index is -0.670. The van der Waals surface area contributed by atoms with Crippen LogP contribution in [0.5, 0.6) is 11.5 Å². The highest BCUT2D eigenvalue weighted by molar-refractivity contribution is 5.99. The number of aliphatic hydroxyl groups excluding tert-OH is 1. The molecule has 40 heavy (non-hydrogen) atoms. The Labute approximate surface area is 229 Å². The van der Waals surface area contributed by atoms with E-state index in [1.54, 1.807) is 65.7 Å². The minimum absolute atomic E-state index is 0.0250. The molecule has 0 fully saturated rings. The molecule has 10 nitrogen and oxygen atoms in total. The van der Waals surface area contributed by atoms with Gasteiger partial charge in [0.05, 0.1) is 35.6 Å². The Hall–Kier alpha value is -5.03. The van der Waals surface area contributed by atoms with E-state index in [1.807, 2.05) is 26.8 Å². The normalized spacial score (nSPS) is 11.3. The van der Waals surface area contributed by atoms with Gasteiger partial charge in [-0.3, -0.25) is 15.4 Å². The fourth-order valence-corrected chi connectivity index (χ4v) is 3.91. The number of carbonyl (C=O) groups is 1. The predicted octanol–water partition coefficient (Wildman–Crippen LogP) is 6.02. The number of hydrogen-bond donors (Lipinski definition) is 4. The number of anilines is 2. The second-order valence-corrected chi connectivity index (χ2v) is 10.1. The summed E-state index contributed by atoms with van der Waals surface area (Å²) in [6.07, 6.45) is 4.94. The van der Waals surface area contributed by atoms with Gasteiger partial charge in [0.1, 0.15) is 23.1 Å². The predicted molar refractivity (Wildman–Crippen MR) is 149 cm³/mol. The summed E-state index contributed by atoms with van der Waals surface area (Å²) < 4.78 is 22.3. The van der Waals surface area contributed by atoms with Gasteiger partial charge in [-0.2, -0.15) is 10.2 Å². The smallest absolute Gasteiger partial charge is 0.324 e. The highest BCUT2D eigenvalue weighted by atomic mass is 19.1. The molecule has 2 aromatic carbocycles. The van der Waals surface area contributed by atoms with Crippen molar-refractivity contribution in [3.8, 4) is 28.4 Å². The Morgan fingerprint density at radius 2 is 1.90 bits per heavy atom. The van der Waals surface area contributed by atoms with Gasteiger partial charge in [-0.15, -0.1) is 0 Å². The van der Waals surface area contributed by atoms with Gasteiger partial charge in [0, 0.05) is 41.6 Å². The Bertz CT molecular complexity index is 1640. The summed E-state index contributed by atoms with van der Waals surface area (Å²) >= 11 is 0. The van der Waals surface area contributed by atoms with E-state index in [0.29, 0.717) is 28.5 Å². The molecule has 5 rings (SSSR count). The SMILES string of the molecule is CC(C)(C)c1cc(NC(=O)Nc2ccc(Oc3ccnc(-c4cn[nH]c4)c3)cc2F)n(-c2cccc(CO)c2)n1. The summed E-state index contributed by atoms with van der Waals surface area (Å²) in [4.78, 5) is 17.2. The van der Waals surface area contributed by atoms with Crippen molar-refractivity contribution in [2.24, 2.45) is 0 Å². The summed E-state index contributed by atoms with van der Waals surface area (Å²) in [5, 5.41) is 26.2. The van der Waals surface area contributed by atoms with E-state index < -0.39 is 11.8 Å². The Morgan fingerprint density at radius 3 is 2.62 bits per heavy atom. The first kappa shape index (κ1) is 26.6. The van der Waals surface area contributed by atoms with Crippen LogP contribution in [-0.4, -0.2) is 36.1 Å². The monoisotopic (exact) mass is 541 g/mol. The van der Waals surface area contributed by atoms with E-state index in [1.165, 1.54) is 12.1 Å². The number of urea groups is 1. The maximum absolute atomic E-state index is 15.0. The van der Waals surface area contributed by atoms with E-state index >= 15 is 0 Å². The molecular formula is C29H28FN7O3. The molecule has 0 radical (unpaired) electrons. The number of amides is 2. The Morgan fingerprint density at radius 1 is 1.07 bits per heavy atom. The van der Waals surface area contributed by atoms with Gasteiger partial charge in [0.25, 0.3) is 0 Å². The van der Waals surface area contributed by atoms with E-state index in [0.717, 1.165) is 11.3 Å². The first-order valence-electron chi connectivity index (χ1n) is 12.5. The molecule has 4 N–H and O–H groups in total. The second kappa shape index (κ2) is 11.0. The molecule has 204 valence electrons. The standard InChI is InChI=1S/C29H28FN7O3/c1-29(2,3)26-14-27(37(36-26)20-6-4-5-18(11-20)17-38)35-28(39)34-24-8-7-21(12-23(24)30)40-22-9-10-31-25(13-22)19-15-32-33-16-19/h4-16,38H,17H2,1-3H3,(H,32,33)(H2,34,35,39). The molecule has 0 bridgehead atoms. The van der Waals surface area contributed by atoms with E-state index in [9.17, 15) is 14.3 Å². The van der Waals surface area contributed by atoms with E-state index in [4.69, 9.17) is 4.74 Å². The second-order valence-electron chi connectivity index (χ2n) is 10.1. The number of benzene rings is 2. The Kier molecular flexibility index (Phi) is 7.30. The maximum atomic E-state index is 15.0. The van der Waals surface area contributed by atoms with Crippen LogP contribution in [0.15, 0.2) is 79.3 Å². The highest BCUT2D eigenvalue weighted by Crippen LogP contribution is 2.29. The molecule has 2 amide bonds. The molecule has 3 heterocycles. The number of halogens is 1. The van der Waals surface area contributed by atoms with Gasteiger partial charge in [0.2, 0.25) is 0 Å². The van der Waals surface area contributed by atoms with Crippen LogP contribution in [-0.2, 0) is 12.0 Å². The third kappa shape index (κ3) is 6.00. The largest absolute Gasteiger partial charge is 0.457 e. The zero-order chi connectivity index (χ0) is 28.3. The lowest BCUT2D eigenvalue weighted by atomic mass is 9.92. The molecule has 0 aliphatic rings. The lowest BCUT2D eigenvalue weighted by molar-refractivity contribution is 0.262. The fraction of sp³-hybridized carbons (Fsp3) is 0.172. The van der Waals surface area contributed by atoms with Gasteiger partial charge in [0.15, 0.2) is 0 Å². The zero-order valence-corrected chi connectivity index (χ0v) is 22.1. The van der Waals surface area contributed by atoms with Crippen molar-refractivity contribution in [2.75, 3.05) is 10.6 Å². The molecule has 0 saturated heterocycles. The molecule has 0 unspecified atom stereocenters. The quantitative estimate of drug-likeness (QED) is 0.199. The van der Waals surface area contributed by atoms with Crippen molar-refractivity contribution in [2.45, 2.75) is 32.8 Å². The van der Waals surface area contributed by atoms with Crippen molar-refractivity contribution in [3.05, 3.63) is 96.3 Å². The molecule has 0 saturated carbocycles. The van der Waals surface area contributed by atoms with Crippen molar-refractivity contribution in [1.29, 1.82) is 0 Å².